The summed E-state index contributed by atoms with van der Waals surface area (Å²) < 4.78 is 23.0. The Kier molecular flexibility index (Phi) is 5.78. The van der Waals surface area contributed by atoms with Crippen LogP contribution in [0.2, 0.25) is 0 Å². The third kappa shape index (κ3) is 4.69. The quantitative estimate of drug-likeness (QED) is 0.442. The SMILES string of the molecule is COc1cccc(-n2cnc(C(C)Cc3cc(F)cc(-n4cnc(C(C)(C)C)n4)c3)n2)c1. The molecular weight excluding hydrogens is 407 g/mol. The molecule has 0 saturated heterocycles. The first-order valence-electron chi connectivity index (χ1n) is 10.5. The van der Waals surface area contributed by atoms with E-state index in [9.17, 15) is 4.39 Å². The van der Waals surface area contributed by atoms with Gasteiger partial charge in [0, 0.05) is 17.4 Å². The summed E-state index contributed by atoms with van der Waals surface area (Å²) >= 11 is 0. The molecule has 1 unspecified atom stereocenters. The second-order valence-electron chi connectivity index (χ2n) is 8.93. The lowest BCUT2D eigenvalue weighted by Crippen LogP contribution is -2.14. The van der Waals surface area contributed by atoms with Gasteiger partial charge in [0.2, 0.25) is 0 Å². The highest BCUT2D eigenvalue weighted by Gasteiger charge is 2.20. The van der Waals surface area contributed by atoms with E-state index in [1.165, 1.54) is 6.07 Å². The highest BCUT2D eigenvalue weighted by molar-refractivity contribution is 5.39. The zero-order valence-electron chi connectivity index (χ0n) is 19.0. The van der Waals surface area contributed by atoms with Crippen molar-refractivity contribution in [2.24, 2.45) is 0 Å². The first kappa shape index (κ1) is 21.7. The second kappa shape index (κ2) is 8.53. The molecule has 2 aromatic carbocycles. The van der Waals surface area contributed by atoms with Crippen molar-refractivity contribution in [1.29, 1.82) is 0 Å². The molecule has 0 spiro atoms. The maximum Gasteiger partial charge on any atom is 0.156 e. The summed E-state index contributed by atoms with van der Waals surface area (Å²) in [6, 6.07) is 12.6. The van der Waals surface area contributed by atoms with Gasteiger partial charge in [-0.3, -0.25) is 0 Å². The van der Waals surface area contributed by atoms with Crippen LogP contribution in [0.4, 0.5) is 4.39 Å². The van der Waals surface area contributed by atoms with Crippen LogP contribution in [0.5, 0.6) is 5.75 Å². The van der Waals surface area contributed by atoms with Crippen LogP contribution in [0, 0.1) is 5.82 Å². The minimum absolute atomic E-state index is 0.00242. The molecule has 0 aliphatic heterocycles. The molecule has 0 amide bonds. The van der Waals surface area contributed by atoms with Gasteiger partial charge in [0.1, 0.15) is 24.2 Å². The van der Waals surface area contributed by atoms with Gasteiger partial charge in [0.05, 0.1) is 18.5 Å². The van der Waals surface area contributed by atoms with Crippen LogP contribution in [0.15, 0.2) is 55.1 Å². The molecular formula is C24H27FN6O. The van der Waals surface area contributed by atoms with Crippen molar-refractivity contribution in [3.8, 4) is 17.1 Å². The zero-order chi connectivity index (χ0) is 22.9. The van der Waals surface area contributed by atoms with E-state index in [2.05, 4.69) is 20.2 Å². The fourth-order valence-electron chi connectivity index (χ4n) is 3.44. The molecule has 4 aromatic rings. The van der Waals surface area contributed by atoms with Gasteiger partial charge in [-0.05, 0) is 42.3 Å². The zero-order valence-corrected chi connectivity index (χ0v) is 19.0. The van der Waals surface area contributed by atoms with Gasteiger partial charge in [-0.25, -0.2) is 23.7 Å². The number of methoxy groups -OCH3 is 1. The van der Waals surface area contributed by atoms with E-state index in [1.807, 2.05) is 58.0 Å². The second-order valence-corrected chi connectivity index (χ2v) is 8.93. The average Bonchev–Trinajstić information content (AvgIpc) is 3.43. The number of rotatable bonds is 6. The molecule has 0 bridgehead atoms. The van der Waals surface area contributed by atoms with Crippen LogP contribution in [-0.4, -0.2) is 36.6 Å². The minimum Gasteiger partial charge on any atom is -0.497 e. The van der Waals surface area contributed by atoms with Crippen molar-refractivity contribution >= 4 is 0 Å². The topological polar surface area (TPSA) is 70.7 Å². The van der Waals surface area contributed by atoms with Crippen LogP contribution in [0.25, 0.3) is 11.4 Å². The summed E-state index contributed by atoms with van der Waals surface area (Å²) in [5.74, 6) is 1.84. The van der Waals surface area contributed by atoms with Crippen molar-refractivity contribution in [3.05, 3.63) is 78.1 Å². The smallest absolute Gasteiger partial charge is 0.156 e. The summed E-state index contributed by atoms with van der Waals surface area (Å²) in [6.07, 6.45) is 3.90. The van der Waals surface area contributed by atoms with E-state index < -0.39 is 0 Å². The van der Waals surface area contributed by atoms with Crippen LogP contribution in [-0.2, 0) is 11.8 Å². The number of nitrogens with zero attached hydrogens (tertiary/aromatic N) is 6. The number of aromatic nitrogens is 6. The standard InChI is InChI=1S/C24H27FN6O/c1-16(22-26-14-30(28-22)19-7-6-8-21(13-19)32-5)9-17-10-18(25)12-20(11-17)31-15-27-23(29-31)24(2,3)4/h6-8,10-16H,9H2,1-5H3. The molecule has 0 saturated carbocycles. The fraction of sp³-hybridized carbons (Fsp3) is 0.333. The number of halogens is 1. The molecule has 2 aromatic heterocycles. The maximum atomic E-state index is 14.4. The Bertz CT molecular complexity index is 1220. The highest BCUT2D eigenvalue weighted by atomic mass is 19.1. The number of benzene rings is 2. The molecule has 8 heteroatoms. The van der Waals surface area contributed by atoms with Crippen LogP contribution in [0.1, 0.15) is 50.8 Å². The normalized spacial score (nSPS) is 12.7. The van der Waals surface area contributed by atoms with E-state index >= 15 is 0 Å². The highest BCUT2D eigenvalue weighted by Crippen LogP contribution is 2.23. The molecule has 0 N–H and O–H groups in total. The Balaban J connectivity index is 1.54. The van der Waals surface area contributed by atoms with Crippen LogP contribution >= 0.6 is 0 Å². The van der Waals surface area contributed by atoms with Crippen molar-refractivity contribution in [3.63, 3.8) is 0 Å². The van der Waals surface area contributed by atoms with Crippen molar-refractivity contribution < 1.29 is 9.13 Å². The lowest BCUT2D eigenvalue weighted by molar-refractivity contribution is 0.414. The summed E-state index contributed by atoms with van der Waals surface area (Å²) in [4.78, 5) is 8.84. The fourth-order valence-corrected chi connectivity index (χ4v) is 3.44. The minimum atomic E-state index is -0.313. The third-order valence-corrected chi connectivity index (χ3v) is 5.18. The Labute approximate surface area is 186 Å². The number of hydrogen-bond donors (Lipinski definition) is 0. The number of hydrogen-bond acceptors (Lipinski definition) is 5. The van der Waals surface area contributed by atoms with Crippen molar-refractivity contribution in [2.45, 2.75) is 45.4 Å². The summed E-state index contributed by atoms with van der Waals surface area (Å²) in [5.41, 5.74) is 2.18. The summed E-state index contributed by atoms with van der Waals surface area (Å²) in [5, 5.41) is 9.14. The van der Waals surface area contributed by atoms with Gasteiger partial charge in [-0.15, -0.1) is 0 Å². The lowest BCUT2D eigenvalue weighted by atomic mass is 9.96. The summed E-state index contributed by atoms with van der Waals surface area (Å²) in [7, 11) is 1.63. The number of ether oxygens (including phenoxy) is 1. The Morgan fingerprint density at radius 2 is 1.72 bits per heavy atom. The van der Waals surface area contributed by atoms with E-state index in [0.717, 1.165) is 17.0 Å². The van der Waals surface area contributed by atoms with E-state index in [0.29, 0.717) is 23.8 Å². The molecule has 0 aliphatic rings. The molecule has 0 aliphatic carbocycles. The average molecular weight is 435 g/mol. The lowest BCUT2D eigenvalue weighted by Gasteiger charge is -2.13. The predicted octanol–water partition coefficient (Wildman–Crippen LogP) is 4.64. The van der Waals surface area contributed by atoms with Crippen LogP contribution in [0.3, 0.4) is 0 Å². The molecule has 32 heavy (non-hydrogen) atoms. The monoisotopic (exact) mass is 434 g/mol. The molecule has 1 atom stereocenters. The molecule has 0 fully saturated rings. The summed E-state index contributed by atoms with van der Waals surface area (Å²) in [6.45, 7) is 8.16. The van der Waals surface area contributed by atoms with Gasteiger partial charge < -0.3 is 4.74 Å². The maximum absolute atomic E-state index is 14.4. The molecule has 7 nitrogen and oxygen atoms in total. The van der Waals surface area contributed by atoms with Gasteiger partial charge in [0.15, 0.2) is 11.6 Å². The Hall–Kier alpha value is -3.55. The molecule has 4 rings (SSSR count). The van der Waals surface area contributed by atoms with Crippen molar-refractivity contribution in [2.75, 3.05) is 7.11 Å². The van der Waals surface area contributed by atoms with Gasteiger partial charge in [-0.2, -0.15) is 10.2 Å². The van der Waals surface area contributed by atoms with E-state index in [4.69, 9.17) is 4.74 Å². The predicted molar refractivity (Wildman–Crippen MR) is 120 cm³/mol. The van der Waals surface area contributed by atoms with E-state index in [-0.39, 0.29) is 17.2 Å². The Morgan fingerprint density at radius 3 is 2.44 bits per heavy atom. The van der Waals surface area contributed by atoms with E-state index in [1.54, 1.807) is 35.2 Å². The first-order chi connectivity index (χ1) is 15.2. The van der Waals surface area contributed by atoms with Gasteiger partial charge in [-0.1, -0.05) is 33.8 Å². The van der Waals surface area contributed by atoms with Crippen molar-refractivity contribution in [1.82, 2.24) is 29.5 Å². The van der Waals surface area contributed by atoms with Crippen LogP contribution < -0.4 is 4.74 Å². The molecule has 2 heterocycles. The molecule has 0 radical (unpaired) electrons. The molecule has 166 valence electrons. The Morgan fingerprint density at radius 1 is 0.969 bits per heavy atom. The van der Waals surface area contributed by atoms with Gasteiger partial charge in [0.25, 0.3) is 0 Å². The third-order valence-electron chi connectivity index (χ3n) is 5.18. The van der Waals surface area contributed by atoms with Gasteiger partial charge >= 0.3 is 0 Å². The largest absolute Gasteiger partial charge is 0.497 e. The first-order valence-corrected chi connectivity index (χ1v) is 10.5.